The fourth-order valence-electron chi connectivity index (χ4n) is 3.77. The molecule has 0 N–H and O–H groups in total. The first-order chi connectivity index (χ1) is 12.2. The molecule has 1 amide bonds. The Bertz CT molecular complexity index is 732. The first-order valence-corrected chi connectivity index (χ1v) is 9.42. The molecule has 134 valence electrons. The third-order valence-corrected chi connectivity index (χ3v) is 5.36. The van der Waals surface area contributed by atoms with Crippen LogP contribution in [0.25, 0.3) is 0 Å². The third kappa shape index (κ3) is 3.60. The second kappa shape index (κ2) is 6.98. The molecule has 1 saturated heterocycles. The first-order valence-electron chi connectivity index (χ1n) is 9.42. The molecule has 7 heteroatoms. The predicted octanol–water partition coefficient (Wildman–Crippen LogP) is 2.00. The highest BCUT2D eigenvalue weighted by molar-refractivity contribution is 5.92. The van der Waals surface area contributed by atoms with Gasteiger partial charge in [0, 0.05) is 38.8 Å². The zero-order chi connectivity index (χ0) is 17.2. The second-order valence-corrected chi connectivity index (χ2v) is 7.34. The Balaban J connectivity index is 1.41. The number of likely N-dealkylation sites (tertiary alicyclic amines) is 1. The van der Waals surface area contributed by atoms with Crippen molar-refractivity contribution in [1.29, 1.82) is 0 Å². The van der Waals surface area contributed by atoms with Gasteiger partial charge in [0.1, 0.15) is 17.8 Å². The van der Waals surface area contributed by atoms with Crippen molar-refractivity contribution in [3.63, 3.8) is 0 Å². The van der Waals surface area contributed by atoms with Crippen molar-refractivity contribution in [3.8, 4) is 0 Å². The summed E-state index contributed by atoms with van der Waals surface area (Å²) in [7, 11) is 0. The van der Waals surface area contributed by atoms with E-state index in [1.165, 1.54) is 12.8 Å². The highest BCUT2D eigenvalue weighted by Gasteiger charge is 2.28. The van der Waals surface area contributed by atoms with E-state index in [0.29, 0.717) is 11.6 Å². The minimum atomic E-state index is 0.100. The highest BCUT2D eigenvalue weighted by Crippen LogP contribution is 2.31. The minimum Gasteiger partial charge on any atom is -0.337 e. The van der Waals surface area contributed by atoms with Gasteiger partial charge in [-0.05, 0) is 50.5 Å². The van der Waals surface area contributed by atoms with E-state index < -0.39 is 0 Å². The van der Waals surface area contributed by atoms with Gasteiger partial charge in [0.2, 0.25) is 0 Å². The van der Waals surface area contributed by atoms with Gasteiger partial charge in [-0.1, -0.05) is 0 Å². The van der Waals surface area contributed by atoms with Gasteiger partial charge >= 0.3 is 0 Å². The van der Waals surface area contributed by atoms with Crippen LogP contribution in [-0.2, 0) is 19.5 Å². The molecule has 0 unspecified atom stereocenters. The summed E-state index contributed by atoms with van der Waals surface area (Å²) in [5, 5.41) is 12.7. The normalized spacial score (nSPS) is 20.8. The molecular formula is C18H26N6O. The van der Waals surface area contributed by atoms with Gasteiger partial charge in [0.15, 0.2) is 0 Å². The molecule has 1 saturated carbocycles. The van der Waals surface area contributed by atoms with Crippen LogP contribution in [-0.4, -0.2) is 48.4 Å². The number of carbonyl (C=O) groups excluding carboxylic acids is 1. The summed E-state index contributed by atoms with van der Waals surface area (Å²) < 4.78 is 3.99. The largest absolute Gasteiger partial charge is 0.337 e. The second-order valence-electron chi connectivity index (χ2n) is 7.34. The molecule has 2 aromatic heterocycles. The summed E-state index contributed by atoms with van der Waals surface area (Å²) in [6, 6.07) is 1.82. The van der Waals surface area contributed by atoms with Crippen LogP contribution >= 0.6 is 0 Å². The topological polar surface area (TPSA) is 68.8 Å². The van der Waals surface area contributed by atoms with E-state index in [1.54, 1.807) is 10.9 Å². The van der Waals surface area contributed by atoms with E-state index in [2.05, 4.69) is 19.9 Å². The Morgan fingerprint density at radius 2 is 2.16 bits per heavy atom. The maximum absolute atomic E-state index is 12.8. The number of aromatic nitrogens is 5. The average molecular weight is 342 g/mol. The monoisotopic (exact) mass is 342 g/mol. The third-order valence-electron chi connectivity index (χ3n) is 5.36. The maximum Gasteiger partial charge on any atom is 0.272 e. The van der Waals surface area contributed by atoms with Gasteiger partial charge in [0.25, 0.3) is 5.91 Å². The number of nitrogens with zero attached hydrogens (tertiary/aromatic N) is 6. The molecule has 25 heavy (non-hydrogen) atoms. The Labute approximate surface area is 148 Å². The smallest absolute Gasteiger partial charge is 0.272 e. The SMILES string of the molecule is CCn1nccc1C(=O)N1CCC[C@H](Cc2nncn2CC2CC2)C1. The Morgan fingerprint density at radius 3 is 2.96 bits per heavy atom. The van der Waals surface area contributed by atoms with E-state index >= 15 is 0 Å². The van der Waals surface area contributed by atoms with Crippen LogP contribution in [0.2, 0.25) is 0 Å². The number of hydrogen-bond acceptors (Lipinski definition) is 4. The Kier molecular flexibility index (Phi) is 4.55. The van der Waals surface area contributed by atoms with Crippen molar-refractivity contribution >= 4 is 5.91 Å². The van der Waals surface area contributed by atoms with Gasteiger partial charge in [-0.2, -0.15) is 5.10 Å². The van der Waals surface area contributed by atoms with Crippen LogP contribution in [0.3, 0.4) is 0 Å². The Morgan fingerprint density at radius 1 is 1.28 bits per heavy atom. The van der Waals surface area contributed by atoms with E-state index in [4.69, 9.17) is 0 Å². The number of amides is 1. The molecule has 4 rings (SSSR count). The van der Waals surface area contributed by atoms with Gasteiger partial charge < -0.3 is 9.47 Å². The number of rotatable bonds is 6. The van der Waals surface area contributed by atoms with Crippen LogP contribution in [0.5, 0.6) is 0 Å². The lowest BCUT2D eigenvalue weighted by atomic mass is 9.94. The zero-order valence-corrected chi connectivity index (χ0v) is 14.8. The summed E-state index contributed by atoms with van der Waals surface area (Å²) in [6.07, 6.45) is 9.32. The van der Waals surface area contributed by atoms with E-state index in [0.717, 1.165) is 57.2 Å². The lowest BCUT2D eigenvalue weighted by Gasteiger charge is -2.32. The Hall–Kier alpha value is -2.18. The van der Waals surface area contributed by atoms with Gasteiger partial charge in [-0.25, -0.2) is 0 Å². The van der Waals surface area contributed by atoms with Gasteiger partial charge in [-0.3, -0.25) is 9.48 Å². The lowest BCUT2D eigenvalue weighted by Crippen LogP contribution is -2.41. The van der Waals surface area contributed by atoms with Crippen LogP contribution in [0, 0.1) is 11.8 Å². The van der Waals surface area contributed by atoms with Crippen molar-refractivity contribution in [2.24, 2.45) is 11.8 Å². The molecule has 2 aromatic rings. The number of hydrogen-bond donors (Lipinski definition) is 0. The number of aryl methyl sites for hydroxylation is 1. The van der Waals surface area contributed by atoms with E-state index in [9.17, 15) is 4.79 Å². The molecule has 2 aliphatic rings. The van der Waals surface area contributed by atoms with Gasteiger partial charge in [-0.15, -0.1) is 10.2 Å². The van der Waals surface area contributed by atoms with E-state index in [1.807, 2.05) is 24.2 Å². The van der Waals surface area contributed by atoms with Crippen molar-refractivity contribution in [3.05, 3.63) is 30.1 Å². The summed E-state index contributed by atoms with van der Waals surface area (Å²) in [6.45, 7) is 5.40. The molecule has 0 bridgehead atoms. The number of carbonyl (C=O) groups is 1. The molecule has 0 radical (unpaired) electrons. The molecule has 3 heterocycles. The highest BCUT2D eigenvalue weighted by atomic mass is 16.2. The van der Waals surface area contributed by atoms with Crippen LogP contribution in [0.15, 0.2) is 18.6 Å². The van der Waals surface area contributed by atoms with Crippen LogP contribution < -0.4 is 0 Å². The van der Waals surface area contributed by atoms with Crippen molar-refractivity contribution in [2.75, 3.05) is 13.1 Å². The molecule has 0 aromatic carbocycles. The zero-order valence-electron chi connectivity index (χ0n) is 14.8. The summed E-state index contributed by atoms with van der Waals surface area (Å²) in [4.78, 5) is 14.8. The molecule has 0 spiro atoms. The molecule has 7 nitrogen and oxygen atoms in total. The molecule has 1 aliphatic heterocycles. The lowest BCUT2D eigenvalue weighted by molar-refractivity contribution is 0.0659. The standard InChI is InChI=1S/C18H26N6O/c1-2-24-16(7-8-20-24)18(25)22-9-3-4-15(12-22)10-17-21-19-13-23(17)11-14-5-6-14/h7-8,13-15H,2-6,9-12H2,1H3/t15-/m1/s1. The summed E-state index contributed by atoms with van der Waals surface area (Å²) >= 11 is 0. The number of piperidine rings is 1. The summed E-state index contributed by atoms with van der Waals surface area (Å²) in [5.41, 5.74) is 0.694. The van der Waals surface area contributed by atoms with Crippen molar-refractivity contribution in [1.82, 2.24) is 29.4 Å². The fraction of sp³-hybridized carbons (Fsp3) is 0.667. The van der Waals surface area contributed by atoms with Gasteiger partial charge in [0.05, 0.1) is 0 Å². The van der Waals surface area contributed by atoms with Crippen molar-refractivity contribution < 1.29 is 4.79 Å². The molecular weight excluding hydrogens is 316 g/mol. The first kappa shape index (κ1) is 16.3. The summed E-state index contributed by atoms with van der Waals surface area (Å²) in [5.74, 6) is 2.44. The van der Waals surface area contributed by atoms with Crippen LogP contribution in [0.4, 0.5) is 0 Å². The molecule has 1 atom stereocenters. The minimum absolute atomic E-state index is 0.100. The fourth-order valence-corrected chi connectivity index (χ4v) is 3.77. The predicted molar refractivity (Wildman–Crippen MR) is 93.0 cm³/mol. The average Bonchev–Trinajstić information content (AvgIpc) is 3.14. The van der Waals surface area contributed by atoms with E-state index in [-0.39, 0.29) is 5.91 Å². The molecule has 2 fully saturated rings. The quantitative estimate of drug-likeness (QED) is 0.805. The van der Waals surface area contributed by atoms with Crippen LogP contribution in [0.1, 0.15) is 48.9 Å². The molecule has 1 aliphatic carbocycles. The maximum atomic E-state index is 12.8. The van der Waals surface area contributed by atoms with Crippen molar-refractivity contribution in [2.45, 2.75) is 52.1 Å².